The van der Waals surface area contributed by atoms with Gasteiger partial charge in [0.1, 0.15) is 17.5 Å². The molecule has 0 aromatic heterocycles. The zero-order chi connectivity index (χ0) is 17.7. The Morgan fingerprint density at radius 1 is 1.08 bits per heavy atom. The van der Waals surface area contributed by atoms with Crippen molar-refractivity contribution in [1.82, 2.24) is 0 Å². The van der Waals surface area contributed by atoms with Gasteiger partial charge in [-0.25, -0.2) is 0 Å². The molecule has 24 heavy (non-hydrogen) atoms. The molecule has 0 fully saturated rings. The summed E-state index contributed by atoms with van der Waals surface area (Å²) in [5, 5.41) is 9.19. The third-order valence-electron chi connectivity index (χ3n) is 2.88. The van der Waals surface area contributed by atoms with Crippen LogP contribution in [0.1, 0.15) is 0 Å². The molecule has 1 unspecified atom stereocenters. The van der Waals surface area contributed by atoms with Crippen molar-refractivity contribution in [3.8, 4) is 11.5 Å². The molecule has 0 saturated heterocycles. The Morgan fingerprint density at radius 2 is 1.58 bits per heavy atom. The molecule has 9 heteroatoms. The Morgan fingerprint density at radius 3 is 2.08 bits per heavy atom. The number of rotatable bonds is 7. The zero-order valence-electron chi connectivity index (χ0n) is 12.3. The molecular formula is C15H14ClNO6S. The first kappa shape index (κ1) is 18.2. The maximum Gasteiger partial charge on any atom is 0.322 e. The molecule has 0 spiro atoms. The van der Waals surface area contributed by atoms with Crippen LogP contribution in [0.5, 0.6) is 11.5 Å². The lowest BCUT2D eigenvalue weighted by Gasteiger charge is -2.09. The molecule has 0 bridgehead atoms. The fraction of sp³-hybridized carbons (Fsp3) is 0.133. The van der Waals surface area contributed by atoms with E-state index in [1.165, 1.54) is 24.3 Å². The Bertz CT molecular complexity index is 805. The number of carbonyl (C=O) groups is 1. The fourth-order valence-corrected chi connectivity index (χ4v) is 2.67. The second-order valence-corrected chi connectivity index (χ2v) is 6.76. The first-order chi connectivity index (χ1) is 11.3. The number of hydrogen-bond acceptors (Lipinski definition) is 6. The highest BCUT2D eigenvalue weighted by Crippen LogP contribution is 2.24. The van der Waals surface area contributed by atoms with E-state index in [2.05, 4.69) is 4.18 Å². The minimum absolute atomic E-state index is 0.136. The Kier molecular flexibility index (Phi) is 5.79. The first-order valence-electron chi connectivity index (χ1n) is 6.69. The number of halogens is 1. The van der Waals surface area contributed by atoms with Crippen LogP contribution in [0.2, 0.25) is 5.02 Å². The van der Waals surface area contributed by atoms with Crippen LogP contribution in [0.3, 0.4) is 0 Å². The second-order valence-electron chi connectivity index (χ2n) is 4.71. The molecule has 0 saturated carbocycles. The van der Waals surface area contributed by atoms with Crippen LogP contribution < -0.4 is 10.5 Å². The minimum atomic E-state index is -4.10. The van der Waals surface area contributed by atoms with Gasteiger partial charge in [0.05, 0.1) is 11.5 Å². The molecule has 2 aromatic rings. The quantitative estimate of drug-likeness (QED) is 0.717. The number of carboxylic acid groups (broad SMARTS) is 1. The average Bonchev–Trinajstić information content (AvgIpc) is 2.55. The van der Waals surface area contributed by atoms with Crippen LogP contribution in [-0.4, -0.2) is 32.1 Å². The maximum absolute atomic E-state index is 11.9. The van der Waals surface area contributed by atoms with Crippen LogP contribution in [0.4, 0.5) is 0 Å². The van der Waals surface area contributed by atoms with E-state index in [0.29, 0.717) is 16.5 Å². The summed E-state index contributed by atoms with van der Waals surface area (Å²) in [4.78, 5) is 10.4. The largest absolute Gasteiger partial charge is 0.480 e. The van der Waals surface area contributed by atoms with Crippen molar-refractivity contribution >= 4 is 27.7 Å². The second kappa shape index (κ2) is 7.63. The van der Waals surface area contributed by atoms with Crippen molar-refractivity contribution < 1.29 is 27.2 Å². The minimum Gasteiger partial charge on any atom is -0.480 e. The number of benzene rings is 2. The van der Waals surface area contributed by atoms with Gasteiger partial charge in [0.25, 0.3) is 10.1 Å². The predicted molar refractivity (Wildman–Crippen MR) is 86.7 cm³/mol. The standard InChI is InChI=1S/C15H14ClNO6S/c16-10-1-3-11(4-2-10)23-12-5-7-13(8-6-12)24(20,21)22-9-14(17)15(18)19/h1-8,14H,9,17H2,(H,18,19). The zero-order valence-corrected chi connectivity index (χ0v) is 13.8. The molecule has 1 atom stereocenters. The number of nitrogens with two attached hydrogens (primary N) is 1. The number of aliphatic carboxylic acids is 1. The lowest BCUT2D eigenvalue weighted by Crippen LogP contribution is -2.35. The smallest absolute Gasteiger partial charge is 0.322 e. The monoisotopic (exact) mass is 371 g/mol. The van der Waals surface area contributed by atoms with Crippen LogP contribution in [0.25, 0.3) is 0 Å². The molecule has 128 valence electrons. The highest BCUT2D eigenvalue weighted by Gasteiger charge is 2.20. The van der Waals surface area contributed by atoms with Gasteiger partial charge in [-0.1, -0.05) is 11.6 Å². The van der Waals surface area contributed by atoms with Gasteiger partial charge in [-0.05, 0) is 48.5 Å². The van der Waals surface area contributed by atoms with Gasteiger partial charge in [-0.3, -0.25) is 8.98 Å². The van der Waals surface area contributed by atoms with Crippen LogP contribution in [0, 0.1) is 0 Å². The van der Waals surface area contributed by atoms with Crippen molar-refractivity contribution in [2.24, 2.45) is 5.73 Å². The van der Waals surface area contributed by atoms with E-state index >= 15 is 0 Å². The van der Waals surface area contributed by atoms with Gasteiger partial charge in [0, 0.05) is 5.02 Å². The number of ether oxygens (including phenoxy) is 1. The molecule has 2 rings (SSSR count). The lowest BCUT2D eigenvalue weighted by atomic mass is 10.3. The highest BCUT2D eigenvalue weighted by molar-refractivity contribution is 7.86. The SMILES string of the molecule is NC(COS(=O)(=O)c1ccc(Oc2ccc(Cl)cc2)cc1)C(=O)O. The van der Waals surface area contributed by atoms with E-state index in [1.54, 1.807) is 24.3 Å². The summed E-state index contributed by atoms with van der Waals surface area (Å²) in [7, 11) is -4.10. The van der Waals surface area contributed by atoms with E-state index in [0.717, 1.165) is 0 Å². The molecule has 2 aromatic carbocycles. The molecule has 3 N–H and O–H groups in total. The fourth-order valence-electron chi connectivity index (χ4n) is 1.62. The van der Waals surface area contributed by atoms with Gasteiger partial charge < -0.3 is 15.6 Å². The van der Waals surface area contributed by atoms with Crippen LogP contribution >= 0.6 is 11.6 Å². The van der Waals surface area contributed by atoms with E-state index < -0.39 is 28.7 Å². The Balaban J connectivity index is 2.05. The van der Waals surface area contributed by atoms with Gasteiger partial charge in [0.15, 0.2) is 0 Å². The summed E-state index contributed by atoms with van der Waals surface area (Å²) in [6, 6.07) is 10.7. The first-order valence-corrected chi connectivity index (χ1v) is 8.48. The van der Waals surface area contributed by atoms with E-state index in [-0.39, 0.29) is 4.90 Å². The summed E-state index contributed by atoms with van der Waals surface area (Å²) in [6.07, 6.45) is 0. The highest BCUT2D eigenvalue weighted by atomic mass is 35.5. The van der Waals surface area contributed by atoms with Gasteiger partial charge in [0.2, 0.25) is 0 Å². The van der Waals surface area contributed by atoms with Crippen molar-refractivity contribution in [3.05, 3.63) is 53.6 Å². The molecule has 7 nitrogen and oxygen atoms in total. The Labute approximate surface area is 143 Å². The Hall–Kier alpha value is -2.13. The average molecular weight is 372 g/mol. The summed E-state index contributed by atoms with van der Waals surface area (Å²) < 4.78 is 34.0. The molecule has 0 aliphatic rings. The summed E-state index contributed by atoms with van der Waals surface area (Å²) in [6.45, 7) is -0.652. The molecule has 0 heterocycles. The van der Waals surface area contributed by atoms with Crippen molar-refractivity contribution in [3.63, 3.8) is 0 Å². The van der Waals surface area contributed by atoms with E-state index in [9.17, 15) is 13.2 Å². The van der Waals surface area contributed by atoms with Crippen molar-refractivity contribution in [2.45, 2.75) is 10.9 Å². The summed E-state index contributed by atoms with van der Waals surface area (Å²) in [5.41, 5.74) is 5.20. The van der Waals surface area contributed by atoms with Gasteiger partial charge in [-0.2, -0.15) is 8.42 Å². The topological polar surface area (TPSA) is 116 Å². The molecule has 0 aliphatic heterocycles. The molecule has 0 aliphatic carbocycles. The van der Waals surface area contributed by atoms with E-state index in [1.807, 2.05) is 0 Å². The molecular weight excluding hydrogens is 358 g/mol. The third kappa shape index (κ3) is 4.93. The van der Waals surface area contributed by atoms with Crippen molar-refractivity contribution in [2.75, 3.05) is 6.61 Å². The normalized spacial score (nSPS) is 12.6. The number of hydrogen-bond donors (Lipinski definition) is 2. The van der Waals surface area contributed by atoms with E-state index in [4.69, 9.17) is 27.2 Å². The predicted octanol–water partition coefficient (Wildman–Crippen LogP) is 2.25. The van der Waals surface area contributed by atoms with Crippen LogP contribution in [0.15, 0.2) is 53.4 Å². The van der Waals surface area contributed by atoms with Gasteiger partial charge >= 0.3 is 5.97 Å². The molecule has 0 amide bonds. The summed E-state index contributed by atoms with van der Waals surface area (Å²) >= 11 is 5.78. The molecule has 0 radical (unpaired) electrons. The maximum atomic E-state index is 11.9. The van der Waals surface area contributed by atoms with Crippen LogP contribution in [-0.2, 0) is 19.1 Å². The van der Waals surface area contributed by atoms with Gasteiger partial charge in [-0.15, -0.1) is 0 Å². The number of carboxylic acids is 1. The van der Waals surface area contributed by atoms with Crippen molar-refractivity contribution in [1.29, 1.82) is 0 Å². The summed E-state index contributed by atoms with van der Waals surface area (Å²) in [5.74, 6) is -0.394. The lowest BCUT2D eigenvalue weighted by molar-refractivity contribution is -0.139. The third-order valence-corrected chi connectivity index (χ3v) is 4.43.